The van der Waals surface area contributed by atoms with E-state index in [2.05, 4.69) is 19.9 Å². The Morgan fingerprint density at radius 2 is 2.17 bits per heavy atom. The summed E-state index contributed by atoms with van der Waals surface area (Å²) in [6.07, 6.45) is 3.06. The van der Waals surface area contributed by atoms with Crippen LogP contribution in [0.5, 0.6) is 0 Å². The molecule has 0 radical (unpaired) electrons. The topological polar surface area (TPSA) is 110 Å². The van der Waals surface area contributed by atoms with E-state index in [0.717, 1.165) is 10.9 Å². The van der Waals surface area contributed by atoms with Crippen LogP contribution in [0.25, 0.3) is 10.9 Å². The van der Waals surface area contributed by atoms with E-state index in [-0.39, 0.29) is 11.3 Å². The Balaban J connectivity index is 1.95. The molecule has 0 aliphatic heterocycles. The normalized spacial score (nSPS) is 11.0. The van der Waals surface area contributed by atoms with E-state index >= 15 is 0 Å². The first-order chi connectivity index (χ1) is 11.6. The van der Waals surface area contributed by atoms with Crippen LogP contribution in [0.2, 0.25) is 0 Å². The lowest BCUT2D eigenvalue weighted by Gasteiger charge is -2.02. The molecule has 0 atom stereocenters. The molecule has 0 aliphatic carbocycles. The van der Waals surface area contributed by atoms with E-state index in [1.165, 1.54) is 31.5 Å². The van der Waals surface area contributed by atoms with Crippen LogP contribution in [0, 0.1) is 10.1 Å². The second-order valence-electron chi connectivity index (χ2n) is 4.92. The van der Waals surface area contributed by atoms with Crippen LogP contribution in [-0.2, 0) is 4.74 Å². The average Bonchev–Trinajstić information content (AvgIpc) is 3.06. The third kappa shape index (κ3) is 2.98. The molecule has 0 saturated carbocycles. The number of nitro groups is 1. The summed E-state index contributed by atoms with van der Waals surface area (Å²) in [4.78, 5) is 26.4. The number of aliphatic imine (C=N–C) groups is 1. The van der Waals surface area contributed by atoms with Gasteiger partial charge in [0, 0.05) is 17.7 Å². The van der Waals surface area contributed by atoms with Crippen molar-refractivity contribution in [2.24, 2.45) is 4.99 Å². The number of H-pyrrole nitrogens is 1. The van der Waals surface area contributed by atoms with Gasteiger partial charge >= 0.3 is 5.97 Å². The Hall–Kier alpha value is -3.55. The van der Waals surface area contributed by atoms with E-state index < -0.39 is 10.9 Å². The third-order valence-electron chi connectivity index (χ3n) is 3.42. The Labute approximate surface area is 135 Å². The monoisotopic (exact) mass is 324 g/mol. The molecule has 0 fully saturated rings. The predicted molar refractivity (Wildman–Crippen MR) is 87.8 cm³/mol. The second-order valence-corrected chi connectivity index (χ2v) is 4.92. The smallest absolute Gasteiger partial charge is 0.338 e. The van der Waals surface area contributed by atoms with Crippen LogP contribution in [0.4, 0.5) is 11.4 Å². The number of nitrogens with one attached hydrogen (secondary N) is 1. The summed E-state index contributed by atoms with van der Waals surface area (Å²) >= 11 is 0. The minimum Gasteiger partial charge on any atom is -0.465 e. The van der Waals surface area contributed by atoms with Gasteiger partial charge in [0.15, 0.2) is 0 Å². The van der Waals surface area contributed by atoms with Crippen molar-refractivity contribution in [3.63, 3.8) is 0 Å². The van der Waals surface area contributed by atoms with Crippen molar-refractivity contribution in [1.29, 1.82) is 0 Å². The molecule has 0 unspecified atom stereocenters. The molecule has 1 heterocycles. The highest BCUT2D eigenvalue weighted by Gasteiger charge is 2.16. The van der Waals surface area contributed by atoms with Crippen molar-refractivity contribution in [3.05, 3.63) is 63.8 Å². The molecule has 2 aromatic carbocycles. The molecule has 8 nitrogen and oxygen atoms in total. The highest BCUT2D eigenvalue weighted by atomic mass is 16.6. The molecule has 3 aromatic rings. The van der Waals surface area contributed by atoms with Crippen molar-refractivity contribution >= 4 is 34.5 Å². The zero-order valence-electron chi connectivity index (χ0n) is 12.6. The third-order valence-corrected chi connectivity index (χ3v) is 3.42. The molecule has 0 saturated heterocycles. The standard InChI is InChI=1S/C16H12N4O4/c1-24-16(21)10-2-3-11(15(7-10)20(22)23)8-17-13-4-5-14-12(6-13)9-18-19-14/h2-9H,1H3,(H,18,19). The van der Waals surface area contributed by atoms with E-state index in [1.54, 1.807) is 12.3 Å². The molecule has 24 heavy (non-hydrogen) atoms. The Morgan fingerprint density at radius 3 is 2.92 bits per heavy atom. The summed E-state index contributed by atoms with van der Waals surface area (Å²) in [5.74, 6) is -0.632. The number of carbonyl (C=O) groups excluding carboxylic acids is 1. The maximum Gasteiger partial charge on any atom is 0.338 e. The fraction of sp³-hybridized carbons (Fsp3) is 0.0625. The number of carbonyl (C=O) groups is 1. The zero-order chi connectivity index (χ0) is 17.1. The Bertz CT molecular complexity index is 962. The van der Waals surface area contributed by atoms with Crippen LogP contribution in [0.1, 0.15) is 15.9 Å². The van der Waals surface area contributed by atoms with Crippen LogP contribution < -0.4 is 0 Å². The summed E-state index contributed by atoms with van der Waals surface area (Å²) in [5, 5.41) is 18.9. The van der Waals surface area contributed by atoms with Crippen LogP contribution in [-0.4, -0.2) is 34.4 Å². The highest BCUT2D eigenvalue weighted by molar-refractivity contribution is 5.94. The number of rotatable bonds is 4. The van der Waals surface area contributed by atoms with Gasteiger partial charge in [0.2, 0.25) is 0 Å². The Morgan fingerprint density at radius 1 is 1.33 bits per heavy atom. The van der Waals surface area contributed by atoms with Gasteiger partial charge in [-0.25, -0.2) is 4.79 Å². The summed E-state index contributed by atoms with van der Waals surface area (Å²) in [7, 11) is 1.22. The lowest BCUT2D eigenvalue weighted by atomic mass is 10.1. The Kier molecular flexibility index (Phi) is 4.02. The van der Waals surface area contributed by atoms with Gasteiger partial charge in [-0.05, 0) is 30.3 Å². The van der Waals surface area contributed by atoms with Gasteiger partial charge in [0.1, 0.15) is 0 Å². The first-order valence-corrected chi connectivity index (χ1v) is 6.92. The van der Waals surface area contributed by atoms with Gasteiger partial charge in [0.25, 0.3) is 5.69 Å². The lowest BCUT2D eigenvalue weighted by molar-refractivity contribution is -0.385. The quantitative estimate of drug-likeness (QED) is 0.343. The predicted octanol–water partition coefficient (Wildman–Crippen LogP) is 3.01. The number of aromatic nitrogens is 2. The fourth-order valence-electron chi connectivity index (χ4n) is 2.21. The average molecular weight is 324 g/mol. The number of aromatic amines is 1. The largest absolute Gasteiger partial charge is 0.465 e. The number of esters is 1. The summed E-state index contributed by atoms with van der Waals surface area (Å²) in [5.41, 5.74) is 1.70. The van der Waals surface area contributed by atoms with Gasteiger partial charge in [-0.15, -0.1) is 0 Å². The molecular formula is C16H12N4O4. The minimum absolute atomic E-state index is 0.112. The molecule has 0 amide bonds. The first-order valence-electron chi connectivity index (χ1n) is 6.92. The molecule has 1 N–H and O–H groups in total. The zero-order valence-corrected chi connectivity index (χ0v) is 12.6. The number of fused-ring (bicyclic) bond motifs is 1. The van der Waals surface area contributed by atoms with Crippen molar-refractivity contribution in [1.82, 2.24) is 10.2 Å². The number of benzene rings is 2. The van der Waals surface area contributed by atoms with Crippen molar-refractivity contribution in [3.8, 4) is 0 Å². The van der Waals surface area contributed by atoms with Crippen molar-refractivity contribution < 1.29 is 14.5 Å². The van der Waals surface area contributed by atoms with Gasteiger partial charge < -0.3 is 4.74 Å². The number of hydrogen-bond acceptors (Lipinski definition) is 6. The van der Waals surface area contributed by atoms with Gasteiger partial charge in [-0.2, -0.15) is 5.10 Å². The molecular weight excluding hydrogens is 312 g/mol. The number of hydrogen-bond donors (Lipinski definition) is 1. The van der Waals surface area contributed by atoms with Crippen LogP contribution in [0.3, 0.4) is 0 Å². The SMILES string of the molecule is COC(=O)c1ccc(C=Nc2ccc3[nH]ncc3c2)c([N+](=O)[O-])c1. The van der Waals surface area contributed by atoms with E-state index in [0.29, 0.717) is 11.3 Å². The van der Waals surface area contributed by atoms with Crippen molar-refractivity contribution in [2.45, 2.75) is 0 Å². The van der Waals surface area contributed by atoms with Gasteiger partial charge in [-0.3, -0.25) is 20.2 Å². The second kappa shape index (κ2) is 6.29. The van der Waals surface area contributed by atoms with Crippen LogP contribution in [0.15, 0.2) is 47.6 Å². The maximum absolute atomic E-state index is 11.5. The molecule has 1 aromatic heterocycles. The van der Waals surface area contributed by atoms with Gasteiger partial charge in [-0.1, -0.05) is 0 Å². The summed E-state index contributed by atoms with van der Waals surface area (Å²) in [6, 6.07) is 9.50. The number of ether oxygens (including phenoxy) is 1. The highest BCUT2D eigenvalue weighted by Crippen LogP contribution is 2.22. The molecule has 0 bridgehead atoms. The number of nitro benzene ring substituents is 1. The van der Waals surface area contributed by atoms with Crippen molar-refractivity contribution in [2.75, 3.05) is 7.11 Å². The number of methoxy groups -OCH3 is 1. The molecule has 0 aliphatic rings. The molecule has 3 rings (SSSR count). The number of nitrogens with zero attached hydrogens (tertiary/aromatic N) is 3. The fourth-order valence-corrected chi connectivity index (χ4v) is 2.21. The summed E-state index contributed by atoms with van der Waals surface area (Å²) < 4.78 is 4.57. The maximum atomic E-state index is 11.5. The molecule has 0 spiro atoms. The van der Waals surface area contributed by atoms with E-state index in [1.807, 2.05) is 12.1 Å². The van der Waals surface area contributed by atoms with Gasteiger partial charge in [0.05, 0.1) is 40.6 Å². The van der Waals surface area contributed by atoms with E-state index in [4.69, 9.17) is 0 Å². The minimum atomic E-state index is -0.632. The molecule has 8 heteroatoms. The van der Waals surface area contributed by atoms with E-state index in [9.17, 15) is 14.9 Å². The first kappa shape index (κ1) is 15.3. The summed E-state index contributed by atoms with van der Waals surface area (Å²) in [6.45, 7) is 0. The lowest BCUT2D eigenvalue weighted by Crippen LogP contribution is -2.03. The molecule has 120 valence electrons. The van der Waals surface area contributed by atoms with Crippen LogP contribution >= 0.6 is 0 Å².